The third-order valence-electron chi connectivity index (χ3n) is 4.55. The van der Waals surface area contributed by atoms with Gasteiger partial charge in [0.1, 0.15) is 6.04 Å². The highest BCUT2D eigenvalue weighted by Crippen LogP contribution is 2.19. The van der Waals surface area contributed by atoms with Gasteiger partial charge in [-0.3, -0.25) is 9.69 Å². The zero-order chi connectivity index (χ0) is 15.8. The van der Waals surface area contributed by atoms with Gasteiger partial charge in [0.05, 0.1) is 0 Å². The highest BCUT2D eigenvalue weighted by Gasteiger charge is 2.24. The smallest absolute Gasteiger partial charge is 0.241 e. The molecular weight excluding hydrogens is 274 g/mol. The fourth-order valence-corrected chi connectivity index (χ4v) is 3.09. The summed E-state index contributed by atoms with van der Waals surface area (Å²) in [6, 6.07) is 9.83. The first-order valence-corrected chi connectivity index (χ1v) is 8.46. The number of amides is 1. The average molecular weight is 303 g/mol. The quantitative estimate of drug-likeness (QED) is 0.811. The van der Waals surface area contributed by atoms with Crippen LogP contribution < -0.4 is 10.6 Å². The molecule has 2 atom stereocenters. The Labute approximate surface area is 134 Å². The lowest BCUT2D eigenvalue weighted by Gasteiger charge is -2.27. The molecule has 1 heterocycles. The molecule has 1 saturated heterocycles. The number of carbonyl (C=O) groups excluding carboxylic acids is 1. The fourth-order valence-electron chi connectivity index (χ4n) is 3.09. The van der Waals surface area contributed by atoms with Crippen LogP contribution in [0.1, 0.15) is 37.8 Å². The van der Waals surface area contributed by atoms with Crippen LogP contribution in [0.3, 0.4) is 0 Å². The molecule has 1 amide bonds. The molecule has 0 aromatic heterocycles. The van der Waals surface area contributed by atoms with Gasteiger partial charge >= 0.3 is 0 Å². The molecule has 0 saturated carbocycles. The van der Waals surface area contributed by atoms with Gasteiger partial charge in [0, 0.05) is 6.54 Å². The Kier molecular flexibility index (Phi) is 6.87. The van der Waals surface area contributed by atoms with Crippen molar-refractivity contribution in [1.82, 2.24) is 15.5 Å². The molecule has 122 valence electrons. The fraction of sp³-hybridized carbons (Fsp3) is 0.611. The van der Waals surface area contributed by atoms with E-state index in [1.54, 1.807) is 0 Å². The molecule has 4 nitrogen and oxygen atoms in total. The second kappa shape index (κ2) is 8.91. The Morgan fingerprint density at radius 3 is 2.82 bits per heavy atom. The highest BCUT2D eigenvalue weighted by atomic mass is 16.2. The van der Waals surface area contributed by atoms with Gasteiger partial charge in [0.25, 0.3) is 0 Å². The van der Waals surface area contributed by atoms with Gasteiger partial charge in [-0.05, 0) is 57.4 Å². The lowest BCUT2D eigenvalue weighted by atomic mass is 9.96. The molecule has 4 heteroatoms. The van der Waals surface area contributed by atoms with E-state index in [1.165, 1.54) is 12.8 Å². The minimum Gasteiger partial charge on any atom is -0.354 e. The molecule has 2 unspecified atom stereocenters. The highest BCUT2D eigenvalue weighted by molar-refractivity contribution is 5.83. The zero-order valence-corrected chi connectivity index (χ0v) is 13.8. The van der Waals surface area contributed by atoms with Crippen molar-refractivity contribution < 1.29 is 4.79 Å². The van der Waals surface area contributed by atoms with Crippen molar-refractivity contribution in [2.75, 3.05) is 33.2 Å². The number of nitrogens with one attached hydrogen (secondary N) is 2. The summed E-state index contributed by atoms with van der Waals surface area (Å²) >= 11 is 0. The Hall–Kier alpha value is -1.39. The molecule has 0 spiro atoms. The van der Waals surface area contributed by atoms with Crippen LogP contribution >= 0.6 is 0 Å². The molecule has 1 aromatic carbocycles. The van der Waals surface area contributed by atoms with Crippen LogP contribution in [0, 0.1) is 5.92 Å². The number of carbonyl (C=O) groups is 1. The van der Waals surface area contributed by atoms with Gasteiger partial charge in [-0.1, -0.05) is 37.3 Å². The van der Waals surface area contributed by atoms with Crippen molar-refractivity contribution in [3.8, 4) is 0 Å². The molecule has 1 aliphatic heterocycles. The van der Waals surface area contributed by atoms with Crippen molar-refractivity contribution in [1.29, 1.82) is 0 Å². The summed E-state index contributed by atoms with van der Waals surface area (Å²) in [5.41, 5.74) is 1.06. The van der Waals surface area contributed by atoms with Gasteiger partial charge in [-0.25, -0.2) is 0 Å². The zero-order valence-electron chi connectivity index (χ0n) is 13.8. The van der Waals surface area contributed by atoms with Gasteiger partial charge in [-0.15, -0.1) is 0 Å². The van der Waals surface area contributed by atoms with E-state index in [-0.39, 0.29) is 11.9 Å². The molecule has 0 radical (unpaired) electrons. The molecule has 22 heavy (non-hydrogen) atoms. The number of rotatable bonds is 7. The second-order valence-corrected chi connectivity index (χ2v) is 6.18. The number of nitrogens with zero attached hydrogens (tertiary/aromatic N) is 1. The molecule has 2 N–H and O–H groups in total. The summed E-state index contributed by atoms with van der Waals surface area (Å²) in [5, 5.41) is 6.56. The van der Waals surface area contributed by atoms with Crippen LogP contribution in [-0.4, -0.2) is 44.0 Å². The first-order chi connectivity index (χ1) is 10.7. The predicted molar refractivity (Wildman–Crippen MR) is 90.7 cm³/mol. The lowest BCUT2D eigenvalue weighted by molar-refractivity contribution is -0.126. The standard InChI is InChI=1S/C18H29N3O/c1-3-21(2)17(16-9-5-4-6-10-16)18(22)20-13-11-15-8-7-12-19-14-15/h4-6,9-10,15,17,19H,3,7-8,11-14H2,1-2H3,(H,20,22). The number of hydrogen-bond acceptors (Lipinski definition) is 3. The Morgan fingerprint density at radius 1 is 1.41 bits per heavy atom. The summed E-state index contributed by atoms with van der Waals surface area (Å²) < 4.78 is 0. The van der Waals surface area contributed by atoms with Crippen molar-refractivity contribution in [2.45, 2.75) is 32.2 Å². The van der Waals surface area contributed by atoms with E-state index in [2.05, 4.69) is 22.5 Å². The van der Waals surface area contributed by atoms with Gasteiger partial charge in [-0.2, -0.15) is 0 Å². The maximum atomic E-state index is 12.6. The van der Waals surface area contributed by atoms with Crippen LogP contribution in [0.4, 0.5) is 0 Å². The van der Waals surface area contributed by atoms with E-state index in [9.17, 15) is 4.79 Å². The molecule has 2 rings (SSSR count). The molecule has 1 aliphatic rings. The normalized spacial score (nSPS) is 19.9. The van der Waals surface area contributed by atoms with Crippen molar-refractivity contribution in [2.24, 2.45) is 5.92 Å². The first-order valence-electron chi connectivity index (χ1n) is 8.46. The summed E-state index contributed by atoms with van der Waals surface area (Å²) in [4.78, 5) is 14.7. The lowest BCUT2D eigenvalue weighted by Crippen LogP contribution is -2.40. The largest absolute Gasteiger partial charge is 0.354 e. The SMILES string of the molecule is CCN(C)C(C(=O)NCCC1CCCNC1)c1ccccc1. The summed E-state index contributed by atoms with van der Waals surface area (Å²) in [7, 11) is 2.00. The molecular formula is C18H29N3O. The Morgan fingerprint density at radius 2 is 2.18 bits per heavy atom. The van der Waals surface area contributed by atoms with E-state index >= 15 is 0 Å². The minimum absolute atomic E-state index is 0.110. The van der Waals surface area contributed by atoms with Gasteiger partial charge in [0.15, 0.2) is 0 Å². The van der Waals surface area contributed by atoms with Gasteiger partial charge < -0.3 is 10.6 Å². The number of hydrogen-bond donors (Lipinski definition) is 2. The molecule has 0 aliphatic carbocycles. The van der Waals surface area contributed by atoms with E-state index in [0.717, 1.165) is 38.2 Å². The van der Waals surface area contributed by atoms with Crippen LogP contribution in [0.2, 0.25) is 0 Å². The van der Waals surface area contributed by atoms with Crippen LogP contribution in [0.25, 0.3) is 0 Å². The monoisotopic (exact) mass is 303 g/mol. The maximum Gasteiger partial charge on any atom is 0.241 e. The minimum atomic E-state index is -0.198. The summed E-state index contributed by atoms with van der Waals surface area (Å²) in [5.74, 6) is 0.812. The third-order valence-corrected chi connectivity index (χ3v) is 4.55. The van der Waals surface area contributed by atoms with E-state index in [4.69, 9.17) is 0 Å². The average Bonchev–Trinajstić information content (AvgIpc) is 2.57. The topological polar surface area (TPSA) is 44.4 Å². The third kappa shape index (κ3) is 4.82. The van der Waals surface area contributed by atoms with Crippen LogP contribution in [0.15, 0.2) is 30.3 Å². The van der Waals surface area contributed by atoms with E-state index in [0.29, 0.717) is 5.92 Å². The summed E-state index contributed by atoms with van der Waals surface area (Å²) in [6.45, 7) is 5.93. The number of piperidine rings is 1. The predicted octanol–water partition coefficient (Wildman–Crippen LogP) is 2.19. The Bertz CT molecular complexity index is 443. The van der Waals surface area contributed by atoms with Crippen LogP contribution in [0.5, 0.6) is 0 Å². The van der Waals surface area contributed by atoms with E-state index in [1.807, 2.05) is 37.4 Å². The molecule has 1 aromatic rings. The van der Waals surface area contributed by atoms with Crippen molar-refractivity contribution in [3.63, 3.8) is 0 Å². The first kappa shape index (κ1) is 17.0. The molecule has 0 bridgehead atoms. The number of benzene rings is 1. The van der Waals surface area contributed by atoms with Crippen LogP contribution in [-0.2, 0) is 4.79 Å². The van der Waals surface area contributed by atoms with Crippen molar-refractivity contribution >= 4 is 5.91 Å². The Balaban J connectivity index is 1.88. The van der Waals surface area contributed by atoms with E-state index < -0.39 is 0 Å². The second-order valence-electron chi connectivity index (χ2n) is 6.18. The number of likely N-dealkylation sites (N-methyl/N-ethyl adjacent to an activating group) is 1. The van der Waals surface area contributed by atoms with Crippen molar-refractivity contribution in [3.05, 3.63) is 35.9 Å². The van der Waals surface area contributed by atoms with Gasteiger partial charge in [0.2, 0.25) is 5.91 Å². The summed E-state index contributed by atoms with van der Waals surface area (Å²) in [6.07, 6.45) is 3.60. The maximum absolute atomic E-state index is 12.6. The molecule has 1 fully saturated rings.